The van der Waals surface area contributed by atoms with E-state index < -0.39 is 0 Å². The Morgan fingerprint density at radius 2 is 2.00 bits per heavy atom. The highest BCUT2D eigenvalue weighted by Gasteiger charge is 2.34. The molecule has 1 heterocycles. The molecule has 0 saturated heterocycles. The molecule has 3 nitrogen and oxygen atoms in total. The molecular weight excluding hydrogens is 226 g/mol. The van der Waals surface area contributed by atoms with Gasteiger partial charge in [-0.3, -0.25) is 9.59 Å². The van der Waals surface area contributed by atoms with E-state index in [1.54, 1.807) is 11.0 Å². The molecule has 18 heavy (non-hydrogen) atoms. The van der Waals surface area contributed by atoms with Crippen LogP contribution in [0.2, 0.25) is 0 Å². The fourth-order valence-corrected chi connectivity index (χ4v) is 2.14. The summed E-state index contributed by atoms with van der Waals surface area (Å²) in [5.74, 6) is 0.230. The second kappa shape index (κ2) is 4.56. The van der Waals surface area contributed by atoms with Crippen molar-refractivity contribution in [1.82, 2.24) is 0 Å². The van der Waals surface area contributed by atoms with Gasteiger partial charge in [-0.05, 0) is 18.6 Å². The zero-order valence-electron chi connectivity index (χ0n) is 11.2. The molecule has 0 bridgehead atoms. The van der Waals surface area contributed by atoms with Crippen molar-refractivity contribution < 1.29 is 9.59 Å². The van der Waals surface area contributed by atoms with Crippen molar-refractivity contribution in [1.29, 1.82) is 0 Å². The lowest BCUT2D eigenvalue weighted by molar-refractivity contribution is -0.126. The van der Waals surface area contributed by atoms with Gasteiger partial charge in [-0.2, -0.15) is 0 Å². The molecule has 0 aliphatic carbocycles. The average molecular weight is 245 g/mol. The monoisotopic (exact) mass is 245 g/mol. The van der Waals surface area contributed by atoms with E-state index in [-0.39, 0.29) is 17.1 Å². The van der Waals surface area contributed by atoms with Crippen LogP contribution in [-0.2, 0) is 4.79 Å². The molecule has 3 heteroatoms. The van der Waals surface area contributed by atoms with Crippen molar-refractivity contribution in [3.63, 3.8) is 0 Å². The molecule has 1 aliphatic heterocycles. The highest BCUT2D eigenvalue weighted by molar-refractivity contribution is 6.09. The van der Waals surface area contributed by atoms with Crippen LogP contribution in [0.3, 0.4) is 0 Å². The number of ketones is 1. The number of rotatable bonds is 2. The van der Waals surface area contributed by atoms with Crippen LogP contribution in [0.25, 0.3) is 0 Å². The molecule has 0 N–H and O–H groups in total. The third-order valence-electron chi connectivity index (χ3n) is 3.77. The molecule has 2 rings (SSSR count). The van der Waals surface area contributed by atoms with E-state index in [1.165, 1.54) is 0 Å². The molecule has 1 aromatic rings. The van der Waals surface area contributed by atoms with Gasteiger partial charge in [0.2, 0.25) is 5.91 Å². The van der Waals surface area contributed by atoms with Gasteiger partial charge in [0.25, 0.3) is 0 Å². The standard InChI is InChI=1S/C15H19NO2/c1-4-15(2,3)14(18)16-10-9-13(17)11-7-5-6-8-12(11)16/h5-8H,4,9-10H2,1-3H3. The number of benzene rings is 1. The SMILES string of the molecule is CCC(C)(C)C(=O)N1CCC(=O)c2ccccc21. The molecule has 0 radical (unpaired) electrons. The minimum absolute atomic E-state index is 0.102. The second-order valence-corrected chi connectivity index (χ2v) is 5.38. The lowest BCUT2D eigenvalue weighted by Crippen LogP contribution is -2.44. The number of carbonyl (C=O) groups excluding carboxylic acids is 2. The summed E-state index contributed by atoms with van der Waals surface area (Å²) in [5, 5.41) is 0. The topological polar surface area (TPSA) is 37.4 Å². The van der Waals surface area contributed by atoms with Crippen molar-refractivity contribution in [3.8, 4) is 0 Å². The highest BCUT2D eigenvalue weighted by atomic mass is 16.2. The zero-order chi connectivity index (χ0) is 13.3. The van der Waals surface area contributed by atoms with E-state index >= 15 is 0 Å². The van der Waals surface area contributed by atoms with Crippen molar-refractivity contribution in [3.05, 3.63) is 29.8 Å². The van der Waals surface area contributed by atoms with Gasteiger partial charge < -0.3 is 4.90 Å². The van der Waals surface area contributed by atoms with Gasteiger partial charge in [-0.15, -0.1) is 0 Å². The van der Waals surface area contributed by atoms with Gasteiger partial charge in [0.1, 0.15) is 0 Å². The van der Waals surface area contributed by atoms with Crippen molar-refractivity contribution in [2.75, 3.05) is 11.4 Å². The summed E-state index contributed by atoms with van der Waals surface area (Å²) in [7, 11) is 0. The predicted octanol–water partition coefficient (Wildman–Crippen LogP) is 3.04. The highest BCUT2D eigenvalue weighted by Crippen LogP contribution is 2.32. The molecule has 1 aromatic carbocycles. The van der Waals surface area contributed by atoms with Crippen LogP contribution in [0.1, 0.15) is 44.0 Å². The molecule has 0 saturated carbocycles. The van der Waals surface area contributed by atoms with Gasteiger partial charge in [-0.25, -0.2) is 0 Å². The molecule has 96 valence electrons. The Labute approximate surface area is 108 Å². The van der Waals surface area contributed by atoms with E-state index in [1.807, 2.05) is 39.0 Å². The Balaban J connectivity index is 2.41. The van der Waals surface area contributed by atoms with E-state index in [4.69, 9.17) is 0 Å². The quantitative estimate of drug-likeness (QED) is 0.803. The van der Waals surface area contributed by atoms with Gasteiger partial charge in [-0.1, -0.05) is 32.9 Å². The first-order chi connectivity index (χ1) is 8.47. The summed E-state index contributed by atoms with van der Waals surface area (Å²) in [6.07, 6.45) is 1.21. The summed E-state index contributed by atoms with van der Waals surface area (Å²) < 4.78 is 0. The summed E-state index contributed by atoms with van der Waals surface area (Å²) in [5.41, 5.74) is 1.05. The van der Waals surface area contributed by atoms with Gasteiger partial charge in [0.05, 0.1) is 5.69 Å². The normalized spacial score (nSPS) is 15.5. The molecule has 0 fully saturated rings. The van der Waals surface area contributed by atoms with E-state index in [0.717, 1.165) is 12.1 Å². The summed E-state index contributed by atoms with van der Waals surface area (Å²) in [4.78, 5) is 26.1. The molecule has 0 aromatic heterocycles. The number of hydrogen-bond donors (Lipinski definition) is 0. The second-order valence-electron chi connectivity index (χ2n) is 5.38. The third-order valence-corrected chi connectivity index (χ3v) is 3.77. The molecule has 0 unspecified atom stereocenters. The first-order valence-electron chi connectivity index (χ1n) is 6.41. The van der Waals surface area contributed by atoms with E-state index in [9.17, 15) is 9.59 Å². The Kier molecular flexibility index (Phi) is 3.24. The van der Waals surface area contributed by atoms with Crippen LogP contribution < -0.4 is 4.90 Å². The number of carbonyl (C=O) groups is 2. The number of nitrogens with zero attached hydrogens (tertiary/aromatic N) is 1. The minimum atomic E-state index is -0.381. The van der Waals surface area contributed by atoms with Crippen molar-refractivity contribution in [2.45, 2.75) is 33.6 Å². The molecule has 0 spiro atoms. The maximum atomic E-state index is 12.5. The molecule has 0 atom stereocenters. The largest absolute Gasteiger partial charge is 0.311 e. The van der Waals surface area contributed by atoms with E-state index in [2.05, 4.69) is 0 Å². The van der Waals surface area contributed by atoms with Gasteiger partial charge >= 0.3 is 0 Å². The van der Waals surface area contributed by atoms with Crippen LogP contribution in [0.5, 0.6) is 0 Å². The van der Waals surface area contributed by atoms with Gasteiger partial charge in [0.15, 0.2) is 5.78 Å². The summed E-state index contributed by atoms with van der Waals surface area (Å²) in [6.45, 7) is 6.42. The Hall–Kier alpha value is -1.64. The number of Topliss-reactive ketones (excluding diaryl/α,β-unsaturated/α-hetero) is 1. The van der Waals surface area contributed by atoms with Crippen molar-refractivity contribution in [2.24, 2.45) is 5.41 Å². The van der Waals surface area contributed by atoms with E-state index in [0.29, 0.717) is 18.5 Å². The fraction of sp³-hybridized carbons (Fsp3) is 0.467. The summed E-state index contributed by atoms with van der Waals surface area (Å²) in [6, 6.07) is 7.37. The lowest BCUT2D eigenvalue weighted by atomic mass is 9.87. The fourth-order valence-electron chi connectivity index (χ4n) is 2.14. The number of anilines is 1. The predicted molar refractivity (Wildman–Crippen MR) is 71.8 cm³/mol. The smallest absolute Gasteiger partial charge is 0.232 e. The molecule has 1 amide bonds. The Morgan fingerprint density at radius 3 is 2.67 bits per heavy atom. The Morgan fingerprint density at radius 1 is 1.33 bits per heavy atom. The number of hydrogen-bond acceptors (Lipinski definition) is 2. The average Bonchev–Trinajstić information content (AvgIpc) is 2.39. The number of para-hydroxylation sites is 1. The van der Waals surface area contributed by atoms with Crippen LogP contribution in [0.4, 0.5) is 5.69 Å². The maximum Gasteiger partial charge on any atom is 0.232 e. The number of amides is 1. The van der Waals surface area contributed by atoms with Gasteiger partial charge in [0, 0.05) is 23.9 Å². The van der Waals surface area contributed by atoms with Crippen molar-refractivity contribution >= 4 is 17.4 Å². The zero-order valence-corrected chi connectivity index (χ0v) is 11.2. The van der Waals surface area contributed by atoms with Crippen LogP contribution in [-0.4, -0.2) is 18.2 Å². The lowest BCUT2D eigenvalue weighted by Gasteiger charge is -2.34. The first-order valence-corrected chi connectivity index (χ1v) is 6.41. The maximum absolute atomic E-state index is 12.5. The number of fused-ring (bicyclic) bond motifs is 1. The van der Waals surface area contributed by atoms with Crippen LogP contribution in [0.15, 0.2) is 24.3 Å². The first kappa shape index (κ1) is 12.8. The third kappa shape index (κ3) is 2.05. The minimum Gasteiger partial charge on any atom is -0.311 e. The van der Waals surface area contributed by atoms with Crippen LogP contribution >= 0.6 is 0 Å². The summed E-state index contributed by atoms with van der Waals surface area (Å²) >= 11 is 0. The van der Waals surface area contributed by atoms with Crippen LogP contribution in [0, 0.1) is 5.41 Å². The molecule has 1 aliphatic rings. The Bertz CT molecular complexity index is 491. The molecular formula is C15H19NO2.